The van der Waals surface area contributed by atoms with E-state index in [1.165, 1.54) is 0 Å². The van der Waals surface area contributed by atoms with Crippen LogP contribution in [-0.2, 0) is 19.1 Å². The molecule has 18 heavy (non-hydrogen) atoms. The monoisotopic (exact) mass is 252 g/mol. The molecule has 0 N–H and O–H groups in total. The molecule has 0 aromatic heterocycles. The summed E-state index contributed by atoms with van der Waals surface area (Å²) in [6, 6.07) is 0. The standard InChI is InChI=1S/C14H20O4/c1-5-18-13(17)9(2)6-10-11(15)7-14(3,4)8-12(10)16/h10H,2,5-8H2,1,3-4H3. The number of rotatable bonds is 4. The largest absolute Gasteiger partial charge is 0.463 e. The van der Waals surface area contributed by atoms with Gasteiger partial charge < -0.3 is 4.74 Å². The summed E-state index contributed by atoms with van der Waals surface area (Å²) < 4.78 is 4.80. The SMILES string of the molecule is C=C(CC1C(=O)CC(C)(C)CC1=O)C(=O)OCC. The Labute approximate surface area is 107 Å². The van der Waals surface area contributed by atoms with Gasteiger partial charge in [0.1, 0.15) is 11.6 Å². The maximum absolute atomic E-state index is 11.9. The number of Topliss-reactive ketones (excluding diaryl/α,β-unsaturated/α-hetero) is 2. The molecule has 0 saturated heterocycles. The van der Waals surface area contributed by atoms with E-state index in [9.17, 15) is 14.4 Å². The molecule has 100 valence electrons. The first-order valence-corrected chi connectivity index (χ1v) is 6.17. The number of esters is 1. The Kier molecular flexibility index (Phi) is 4.43. The van der Waals surface area contributed by atoms with Crippen molar-refractivity contribution >= 4 is 17.5 Å². The first kappa shape index (κ1) is 14.6. The quantitative estimate of drug-likeness (QED) is 0.436. The lowest BCUT2D eigenvalue weighted by Crippen LogP contribution is -2.38. The number of hydrogen-bond acceptors (Lipinski definition) is 4. The average molecular weight is 252 g/mol. The summed E-state index contributed by atoms with van der Waals surface area (Å²) in [6.45, 7) is 9.36. The van der Waals surface area contributed by atoms with E-state index < -0.39 is 11.9 Å². The number of ketones is 2. The van der Waals surface area contributed by atoms with Crippen molar-refractivity contribution in [2.24, 2.45) is 11.3 Å². The summed E-state index contributed by atoms with van der Waals surface area (Å²) in [5, 5.41) is 0. The Morgan fingerprint density at radius 2 is 1.83 bits per heavy atom. The summed E-state index contributed by atoms with van der Waals surface area (Å²) in [7, 11) is 0. The van der Waals surface area contributed by atoms with E-state index >= 15 is 0 Å². The van der Waals surface area contributed by atoms with E-state index in [2.05, 4.69) is 6.58 Å². The van der Waals surface area contributed by atoms with Crippen LogP contribution in [0.5, 0.6) is 0 Å². The maximum Gasteiger partial charge on any atom is 0.333 e. The van der Waals surface area contributed by atoms with Crippen molar-refractivity contribution in [3.8, 4) is 0 Å². The first-order chi connectivity index (χ1) is 8.26. The second-order valence-corrected chi connectivity index (χ2v) is 5.53. The Morgan fingerprint density at radius 3 is 2.28 bits per heavy atom. The molecule has 0 amide bonds. The van der Waals surface area contributed by atoms with Crippen LogP contribution in [0.15, 0.2) is 12.2 Å². The second-order valence-electron chi connectivity index (χ2n) is 5.53. The van der Waals surface area contributed by atoms with Crippen molar-refractivity contribution < 1.29 is 19.1 Å². The minimum Gasteiger partial charge on any atom is -0.463 e. The fourth-order valence-corrected chi connectivity index (χ4v) is 2.22. The molecule has 0 heterocycles. The molecule has 0 radical (unpaired) electrons. The fraction of sp³-hybridized carbons (Fsp3) is 0.643. The van der Waals surface area contributed by atoms with Gasteiger partial charge in [-0.25, -0.2) is 4.79 Å². The normalized spacial score (nSPS) is 19.7. The van der Waals surface area contributed by atoms with E-state index in [-0.39, 0.29) is 35.6 Å². The van der Waals surface area contributed by atoms with E-state index in [4.69, 9.17) is 4.74 Å². The highest BCUT2D eigenvalue weighted by Gasteiger charge is 2.40. The van der Waals surface area contributed by atoms with Crippen LogP contribution in [0.3, 0.4) is 0 Å². The molecule has 0 unspecified atom stereocenters. The molecular formula is C14H20O4. The second kappa shape index (κ2) is 5.46. The van der Waals surface area contributed by atoms with Crippen LogP contribution in [0.4, 0.5) is 0 Å². The van der Waals surface area contributed by atoms with Gasteiger partial charge in [-0.2, -0.15) is 0 Å². The number of ether oxygens (including phenoxy) is 1. The molecule has 1 fully saturated rings. The van der Waals surface area contributed by atoms with Gasteiger partial charge in [0.05, 0.1) is 12.5 Å². The van der Waals surface area contributed by atoms with E-state index in [1.807, 2.05) is 13.8 Å². The van der Waals surface area contributed by atoms with E-state index in [1.54, 1.807) is 6.92 Å². The zero-order valence-corrected chi connectivity index (χ0v) is 11.2. The molecule has 0 aromatic carbocycles. The minimum absolute atomic E-state index is 0.0899. The van der Waals surface area contributed by atoms with Crippen LogP contribution in [0.1, 0.15) is 40.0 Å². The van der Waals surface area contributed by atoms with Gasteiger partial charge in [-0.1, -0.05) is 20.4 Å². The molecule has 0 bridgehead atoms. The lowest BCUT2D eigenvalue weighted by molar-refractivity contribution is -0.140. The molecule has 1 rings (SSSR count). The van der Waals surface area contributed by atoms with Crippen molar-refractivity contribution in [1.82, 2.24) is 0 Å². The molecular weight excluding hydrogens is 232 g/mol. The zero-order chi connectivity index (χ0) is 13.9. The van der Waals surface area contributed by atoms with Crippen molar-refractivity contribution in [1.29, 1.82) is 0 Å². The minimum atomic E-state index is -0.713. The summed E-state index contributed by atoms with van der Waals surface area (Å²) in [6.07, 6.45) is 0.839. The van der Waals surface area contributed by atoms with Crippen LogP contribution in [0.2, 0.25) is 0 Å². The van der Waals surface area contributed by atoms with Crippen molar-refractivity contribution in [2.45, 2.75) is 40.0 Å². The smallest absolute Gasteiger partial charge is 0.333 e. The van der Waals surface area contributed by atoms with Gasteiger partial charge >= 0.3 is 5.97 Å². The summed E-state index contributed by atoms with van der Waals surface area (Å²) >= 11 is 0. The lowest BCUT2D eigenvalue weighted by Gasteiger charge is -2.32. The average Bonchev–Trinajstić information content (AvgIpc) is 2.22. The summed E-state index contributed by atoms with van der Waals surface area (Å²) in [5.41, 5.74) is -0.0705. The molecule has 4 nitrogen and oxygen atoms in total. The molecule has 0 aliphatic heterocycles. The molecule has 1 aliphatic rings. The topological polar surface area (TPSA) is 60.4 Å². The highest BCUT2D eigenvalue weighted by molar-refractivity contribution is 6.06. The van der Waals surface area contributed by atoms with Gasteiger partial charge in [-0.15, -0.1) is 0 Å². The fourth-order valence-electron chi connectivity index (χ4n) is 2.22. The van der Waals surface area contributed by atoms with E-state index in [0.29, 0.717) is 12.8 Å². The van der Waals surface area contributed by atoms with Crippen molar-refractivity contribution in [3.05, 3.63) is 12.2 Å². The van der Waals surface area contributed by atoms with Gasteiger partial charge in [-0.05, 0) is 18.8 Å². The third-order valence-electron chi connectivity index (χ3n) is 3.10. The molecule has 4 heteroatoms. The van der Waals surface area contributed by atoms with Crippen LogP contribution < -0.4 is 0 Å². The molecule has 0 atom stereocenters. The Balaban J connectivity index is 2.68. The van der Waals surface area contributed by atoms with Gasteiger partial charge in [0, 0.05) is 18.4 Å². The highest BCUT2D eigenvalue weighted by Crippen LogP contribution is 2.35. The van der Waals surface area contributed by atoms with Crippen LogP contribution >= 0.6 is 0 Å². The summed E-state index contributed by atoms with van der Waals surface area (Å²) in [4.78, 5) is 35.3. The summed E-state index contributed by atoms with van der Waals surface area (Å²) in [5.74, 6) is -1.43. The van der Waals surface area contributed by atoms with Gasteiger partial charge in [-0.3, -0.25) is 9.59 Å². The van der Waals surface area contributed by atoms with Gasteiger partial charge in [0.15, 0.2) is 0 Å². The molecule has 1 aliphatic carbocycles. The Bertz CT molecular complexity index is 373. The number of hydrogen-bond donors (Lipinski definition) is 0. The number of carbonyl (C=O) groups excluding carboxylic acids is 3. The predicted octanol–water partition coefficient (Wildman–Crippen LogP) is 2.07. The maximum atomic E-state index is 11.9. The third-order valence-corrected chi connectivity index (χ3v) is 3.10. The van der Waals surface area contributed by atoms with Crippen LogP contribution in [-0.4, -0.2) is 24.1 Å². The van der Waals surface area contributed by atoms with E-state index in [0.717, 1.165) is 0 Å². The van der Waals surface area contributed by atoms with Crippen molar-refractivity contribution in [2.75, 3.05) is 6.61 Å². The zero-order valence-electron chi connectivity index (χ0n) is 11.2. The molecule has 0 aromatic rings. The molecule has 0 spiro atoms. The van der Waals surface area contributed by atoms with Crippen LogP contribution in [0, 0.1) is 11.3 Å². The van der Waals surface area contributed by atoms with Gasteiger partial charge in [0.2, 0.25) is 0 Å². The van der Waals surface area contributed by atoms with Gasteiger partial charge in [0.25, 0.3) is 0 Å². The van der Waals surface area contributed by atoms with Crippen LogP contribution in [0.25, 0.3) is 0 Å². The lowest BCUT2D eigenvalue weighted by atomic mass is 9.70. The first-order valence-electron chi connectivity index (χ1n) is 6.17. The molecule has 1 saturated carbocycles. The Morgan fingerprint density at radius 1 is 1.33 bits per heavy atom. The highest BCUT2D eigenvalue weighted by atomic mass is 16.5. The third kappa shape index (κ3) is 3.52. The Hall–Kier alpha value is -1.45. The number of carbonyl (C=O) groups is 3. The van der Waals surface area contributed by atoms with Crippen molar-refractivity contribution in [3.63, 3.8) is 0 Å². The predicted molar refractivity (Wildman–Crippen MR) is 66.9 cm³/mol.